The van der Waals surface area contributed by atoms with Gasteiger partial charge in [0, 0.05) is 0 Å². The van der Waals surface area contributed by atoms with E-state index in [4.69, 9.17) is 4.74 Å². The van der Waals surface area contributed by atoms with Crippen LogP contribution in [0.5, 0.6) is 0 Å². The number of unbranched alkanes of at least 4 members (excludes halogenated alkanes) is 1. The van der Waals surface area contributed by atoms with Gasteiger partial charge in [-0.3, -0.25) is 4.79 Å². The zero-order chi connectivity index (χ0) is 11.1. The number of aryl methyl sites for hydroxylation is 1. The molecule has 82 valence electrons. The molecule has 0 saturated heterocycles. The van der Waals surface area contributed by atoms with Crippen LogP contribution in [0, 0.1) is 6.92 Å². The molecule has 0 aliphatic rings. The number of hydrogen-bond donors (Lipinski definition) is 0. The normalized spacial score (nSPS) is 10.0. The van der Waals surface area contributed by atoms with E-state index in [0.29, 0.717) is 13.0 Å². The van der Waals surface area contributed by atoms with Crippen LogP contribution in [0.15, 0.2) is 24.3 Å². The Bertz CT molecular complexity index is 318. The van der Waals surface area contributed by atoms with Gasteiger partial charge in [0.05, 0.1) is 13.0 Å². The molecule has 0 heterocycles. The molecule has 15 heavy (non-hydrogen) atoms. The Labute approximate surface area is 91.3 Å². The highest BCUT2D eigenvalue weighted by Crippen LogP contribution is 2.08. The first kappa shape index (κ1) is 11.8. The molecule has 2 nitrogen and oxygen atoms in total. The summed E-state index contributed by atoms with van der Waals surface area (Å²) >= 11 is 0. The van der Waals surface area contributed by atoms with E-state index in [1.54, 1.807) is 0 Å². The van der Waals surface area contributed by atoms with Crippen molar-refractivity contribution >= 4 is 5.97 Å². The lowest BCUT2D eigenvalue weighted by atomic mass is 10.1. The van der Waals surface area contributed by atoms with E-state index in [0.717, 1.165) is 24.0 Å². The zero-order valence-corrected chi connectivity index (χ0v) is 9.45. The van der Waals surface area contributed by atoms with Crippen molar-refractivity contribution in [1.82, 2.24) is 0 Å². The summed E-state index contributed by atoms with van der Waals surface area (Å²) in [6.07, 6.45) is 2.38. The predicted octanol–water partition coefficient (Wildman–Crippen LogP) is 2.88. The summed E-state index contributed by atoms with van der Waals surface area (Å²) in [4.78, 5) is 11.4. The number of carbonyl (C=O) groups excluding carboxylic acids is 1. The second-order valence-corrected chi connectivity index (χ2v) is 3.68. The van der Waals surface area contributed by atoms with Gasteiger partial charge in [0.1, 0.15) is 0 Å². The highest BCUT2D eigenvalue weighted by Gasteiger charge is 2.05. The van der Waals surface area contributed by atoms with Gasteiger partial charge in [-0.2, -0.15) is 0 Å². The molecular weight excluding hydrogens is 188 g/mol. The molecule has 0 amide bonds. The summed E-state index contributed by atoms with van der Waals surface area (Å²) in [5.41, 5.74) is 2.20. The van der Waals surface area contributed by atoms with E-state index in [1.165, 1.54) is 0 Å². The molecule has 0 bridgehead atoms. The van der Waals surface area contributed by atoms with Gasteiger partial charge in [-0.1, -0.05) is 37.6 Å². The fourth-order valence-corrected chi connectivity index (χ4v) is 1.35. The second-order valence-electron chi connectivity index (χ2n) is 3.68. The van der Waals surface area contributed by atoms with Gasteiger partial charge in [-0.25, -0.2) is 0 Å². The van der Waals surface area contributed by atoms with E-state index < -0.39 is 0 Å². The molecule has 0 aliphatic heterocycles. The van der Waals surface area contributed by atoms with Gasteiger partial charge >= 0.3 is 5.97 Å². The van der Waals surface area contributed by atoms with Crippen LogP contribution in [0.3, 0.4) is 0 Å². The molecule has 0 atom stereocenters. The SMILES string of the molecule is CCCCOC(=O)Cc1ccccc1C. The minimum atomic E-state index is -0.127. The maximum Gasteiger partial charge on any atom is 0.310 e. The number of esters is 1. The van der Waals surface area contributed by atoms with Crippen molar-refractivity contribution in [2.24, 2.45) is 0 Å². The third kappa shape index (κ3) is 4.15. The Hall–Kier alpha value is -1.31. The highest BCUT2D eigenvalue weighted by molar-refractivity contribution is 5.73. The van der Waals surface area contributed by atoms with Crippen LogP contribution in [0.4, 0.5) is 0 Å². The first-order chi connectivity index (χ1) is 7.24. The molecule has 0 unspecified atom stereocenters. The monoisotopic (exact) mass is 206 g/mol. The van der Waals surface area contributed by atoms with Crippen LogP contribution >= 0.6 is 0 Å². The van der Waals surface area contributed by atoms with Gasteiger partial charge < -0.3 is 4.74 Å². The molecule has 1 aromatic rings. The van der Waals surface area contributed by atoms with Crippen molar-refractivity contribution in [2.45, 2.75) is 33.1 Å². The van der Waals surface area contributed by atoms with E-state index in [-0.39, 0.29) is 5.97 Å². The second kappa shape index (κ2) is 6.23. The van der Waals surface area contributed by atoms with Crippen molar-refractivity contribution in [1.29, 1.82) is 0 Å². The summed E-state index contributed by atoms with van der Waals surface area (Å²) in [6, 6.07) is 7.90. The van der Waals surface area contributed by atoms with Crippen molar-refractivity contribution in [3.63, 3.8) is 0 Å². The lowest BCUT2D eigenvalue weighted by molar-refractivity contribution is -0.142. The van der Waals surface area contributed by atoms with Crippen LogP contribution in [-0.4, -0.2) is 12.6 Å². The fourth-order valence-electron chi connectivity index (χ4n) is 1.35. The summed E-state index contributed by atoms with van der Waals surface area (Å²) in [5.74, 6) is -0.127. The number of hydrogen-bond acceptors (Lipinski definition) is 2. The summed E-state index contributed by atoms with van der Waals surface area (Å²) < 4.78 is 5.10. The third-order valence-corrected chi connectivity index (χ3v) is 2.36. The van der Waals surface area contributed by atoms with Crippen LogP contribution in [-0.2, 0) is 16.0 Å². The fraction of sp³-hybridized carbons (Fsp3) is 0.462. The van der Waals surface area contributed by atoms with Crippen molar-refractivity contribution in [3.8, 4) is 0 Å². The quantitative estimate of drug-likeness (QED) is 0.547. The molecule has 1 rings (SSSR count). The van der Waals surface area contributed by atoms with E-state index in [2.05, 4.69) is 6.92 Å². The molecule has 0 fully saturated rings. The molecule has 1 aromatic carbocycles. The van der Waals surface area contributed by atoms with Crippen molar-refractivity contribution in [2.75, 3.05) is 6.61 Å². The van der Waals surface area contributed by atoms with Gasteiger partial charge in [0.25, 0.3) is 0 Å². The minimum absolute atomic E-state index is 0.127. The first-order valence-electron chi connectivity index (χ1n) is 5.44. The predicted molar refractivity (Wildman–Crippen MR) is 60.8 cm³/mol. The number of benzene rings is 1. The Morgan fingerprint density at radius 2 is 2.07 bits per heavy atom. The molecule has 0 spiro atoms. The summed E-state index contributed by atoms with van der Waals surface area (Å²) in [7, 11) is 0. The number of rotatable bonds is 5. The Balaban J connectivity index is 2.41. The van der Waals surface area contributed by atoms with Crippen LogP contribution in [0.25, 0.3) is 0 Å². The van der Waals surface area contributed by atoms with Crippen LogP contribution in [0.2, 0.25) is 0 Å². The van der Waals surface area contributed by atoms with E-state index in [9.17, 15) is 4.79 Å². The van der Waals surface area contributed by atoms with Crippen LogP contribution in [0.1, 0.15) is 30.9 Å². The average molecular weight is 206 g/mol. The third-order valence-electron chi connectivity index (χ3n) is 2.36. The molecule has 2 heteroatoms. The molecule has 0 aromatic heterocycles. The Morgan fingerprint density at radius 3 is 2.73 bits per heavy atom. The lowest BCUT2D eigenvalue weighted by Crippen LogP contribution is -2.09. The standard InChI is InChI=1S/C13H18O2/c1-3-4-9-15-13(14)10-12-8-6-5-7-11(12)2/h5-8H,3-4,9-10H2,1-2H3. The summed E-state index contributed by atoms with van der Waals surface area (Å²) in [5, 5.41) is 0. The first-order valence-corrected chi connectivity index (χ1v) is 5.44. The summed E-state index contributed by atoms with van der Waals surface area (Å²) in [6.45, 7) is 4.63. The molecular formula is C13H18O2. The highest BCUT2D eigenvalue weighted by atomic mass is 16.5. The van der Waals surface area contributed by atoms with E-state index >= 15 is 0 Å². The van der Waals surface area contributed by atoms with Gasteiger partial charge in [-0.05, 0) is 24.5 Å². The van der Waals surface area contributed by atoms with E-state index in [1.807, 2.05) is 31.2 Å². The van der Waals surface area contributed by atoms with Gasteiger partial charge in [-0.15, -0.1) is 0 Å². The Kier molecular flexibility index (Phi) is 4.88. The largest absolute Gasteiger partial charge is 0.465 e. The zero-order valence-electron chi connectivity index (χ0n) is 9.45. The minimum Gasteiger partial charge on any atom is -0.465 e. The maximum atomic E-state index is 11.4. The average Bonchev–Trinajstić information content (AvgIpc) is 2.22. The molecule has 0 aliphatic carbocycles. The number of carbonyl (C=O) groups is 1. The van der Waals surface area contributed by atoms with Crippen LogP contribution < -0.4 is 0 Å². The molecule has 0 saturated carbocycles. The molecule has 0 N–H and O–H groups in total. The van der Waals surface area contributed by atoms with Crippen molar-refractivity contribution < 1.29 is 9.53 Å². The Morgan fingerprint density at radius 1 is 1.33 bits per heavy atom. The topological polar surface area (TPSA) is 26.3 Å². The number of ether oxygens (including phenoxy) is 1. The molecule has 0 radical (unpaired) electrons. The lowest BCUT2D eigenvalue weighted by Gasteiger charge is -2.05. The van der Waals surface area contributed by atoms with Gasteiger partial charge in [0.15, 0.2) is 0 Å². The van der Waals surface area contributed by atoms with Gasteiger partial charge in [0.2, 0.25) is 0 Å². The smallest absolute Gasteiger partial charge is 0.310 e. The maximum absolute atomic E-state index is 11.4. The van der Waals surface area contributed by atoms with Crippen molar-refractivity contribution in [3.05, 3.63) is 35.4 Å².